The van der Waals surface area contributed by atoms with Crippen molar-refractivity contribution >= 4 is 23.7 Å². The van der Waals surface area contributed by atoms with E-state index in [-0.39, 0.29) is 11.8 Å². The van der Waals surface area contributed by atoms with Gasteiger partial charge in [0.1, 0.15) is 0 Å². The number of carboxylic acids is 1. The number of aryl methyl sites for hydroxylation is 1. The summed E-state index contributed by atoms with van der Waals surface area (Å²) < 4.78 is 1.80. The van der Waals surface area contributed by atoms with E-state index in [1.54, 1.807) is 4.57 Å². The van der Waals surface area contributed by atoms with Gasteiger partial charge in [0, 0.05) is 6.04 Å². The number of aliphatic carboxylic acids is 1. The van der Waals surface area contributed by atoms with Crippen molar-refractivity contribution in [3.63, 3.8) is 0 Å². The molecule has 0 aliphatic carbocycles. The number of rotatable bonds is 7. The summed E-state index contributed by atoms with van der Waals surface area (Å²) in [6.07, 6.45) is 1.80. The summed E-state index contributed by atoms with van der Waals surface area (Å²) in [5.74, 6) is -0.614. The van der Waals surface area contributed by atoms with E-state index in [1.165, 1.54) is 5.56 Å². The highest BCUT2D eigenvalue weighted by Crippen LogP contribution is 2.25. The maximum atomic E-state index is 10.7. The molecule has 21 heavy (non-hydrogen) atoms. The molecule has 0 saturated carbocycles. The van der Waals surface area contributed by atoms with Gasteiger partial charge < -0.3 is 10.8 Å². The van der Waals surface area contributed by atoms with Crippen LogP contribution in [0.15, 0.2) is 35.5 Å². The Labute approximate surface area is 127 Å². The first-order chi connectivity index (χ1) is 10.1. The summed E-state index contributed by atoms with van der Waals surface area (Å²) in [6, 6.07) is 10.3. The fraction of sp³-hybridized carbons (Fsp3) is 0.357. The molecule has 0 amide bonds. The molecule has 1 heterocycles. The molecule has 0 saturated heterocycles. The van der Waals surface area contributed by atoms with Crippen molar-refractivity contribution in [3.05, 3.63) is 35.9 Å². The number of benzene rings is 1. The Kier molecular flexibility index (Phi) is 5.21. The number of aromatic nitrogens is 3. The van der Waals surface area contributed by atoms with Gasteiger partial charge in [-0.2, -0.15) is 0 Å². The van der Waals surface area contributed by atoms with E-state index in [1.807, 2.05) is 25.1 Å². The van der Waals surface area contributed by atoms with Crippen LogP contribution >= 0.6 is 11.8 Å². The molecule has 1 aromatic heterocycles. The summed E-state index contributed by atoms with van der Waals surface area (Å²) in [7, 11) is 0. The van der Waals surface area contributed by atoms with Crippen molar-refractivity contribution < 1.29 is 9.90 Å². The van der Waals surface area contributed by atoms with E-state index in [0.717, 1.165) is 24.6 Å². The van der Waals surface area contributed by atoms with E-state index < -0.39 is 5.97 Å². The van der Waals surface area contributed by atoms with Crippen LogP contribution in [0.5, 0.6) is 0 Å². The second kappa shape index (κ2) is 7.12. The van der Waals surface area contributed by atoms with Gasteiger partial charge >= 0.3 is 5.97 Å². The molecule has 1 atom stereocenters. The number of nitrogen functional groups attached to an aromatic ring is 1. The fourth-order valence-electron chi connectivity index (χ4n) is 2.08. The summed E-state index contributed by atoms with van der Waals surface area (Å²) in [4.78, 5) is 10.7. The van der Waals surface area contributed by atoms with Gasteiger partial charge in [0.25, 0.3) is 0 Å². The minimum atomic E-state index is -0.884. The van der Waals surface area contributed by atoms with E-state index in [9.17, 15) is 4.79 Å². The zero-order valence-corrected chi connectivity index (χ0v) is 12.6. The maximum absolute atomic E-state index is 10.7. The van der Waals surface area contributed by atoms with Crippen LogP contribution in [0.2, 0.25) is 0 Å². The molecule has 7 heteroatoms. The van der Waals surface area contributed by atoms with E-state index in [4.69, 9.17) is 10.8 Å². The van der Waals surface area contributed by atoms with E-state index in [2.05, 4.69) is 22.3 Å². The zero-order chi connectivity index (χ0) is 15.2. The number of hydrogen-bond donors (Lipinski definition) is 2. The highest BCUT2D eigenvalue weighted by molar-refractivity contribution is 7.99. The minimum Gasteiger partial charge on any atom is -0.481 e. The number of nitrogens with zero attached hydrogens (tertiary/aromatic N) is 3. The topological polar surface area (TPSA) is 94.0 Å². The molecule has 6 nitrogen and oxygen atoms in total. The predicted octanol–water partition coefficient (Wildman–Crippen LogP) is 2.23. The monoisotopic (exact) mass is 306 g/mol. The number of hydrogen-bond acceptors (Lipinski definition) is 5. The van der Waals surface area contributed by atoms with Crippen molar-refractivity contribution in [2.24, 2.45) is 0 Å². The Hall–Kier alpha value is -2.02. The summed E-state index contributed by atoms with van der Waals surface area (Å²) >= 11 is 1.14. The molecule has 0 aliphatic heterocycles. The molecule has 0 aliphatic rings. The van der Waals surface area contributed by atoms with Crippen LogP contribution in [0.25, 0.3) is 0 Å². The third kappa shape index (κ3) is 4.22. The normalized spacial score (nSPS) is 12.2. The van der Waals surface area contributed by atoms with Crippen molar-refractivity contribution in [2.45, 2.75) is 31.0 Å². The maximum Gasteiger partial charge on any atom is 0.313 e. The lowest BCUT2D eigenvalue weighted by Gasteiger charge is -2.16. The molecule has 2 aromatic rings. The molecule has 0 spiro atoms. The van der Waals surface area contributed by atoms with Crippen LogP contribution in [0.3, 0.4) is 0 Å². The lowest BCUT2D eigenvalue weighted by Crippen LogP contribution is -2.12. The standard InChI is InChI=1S/C14H18N4O2S/c1-10(7-8-11-5-3-2-4-6-11)18-13(15)16-17-14(18)21-9-12(19)20/h2-6,10H,7-9H2,1H3,(H2,15,16)(H,19,20). The quantitative estimate of drug-likeness (QED) is 0.762. The average Bonchev–Trinajstić information content (AvgIpc) is 2.85. The molecule has 112 valence electrons. The van der Waals surface area contributed by atoms with Gasteiger partial charge in [0.15, 0.2) is 5.16 Å². The smallest absolute Gasteiger partial charge is 0.313 e. The average molecular weight is 306 g/mol. The lowest BCUT2D eigenvalue weighted by atomic mass is 10.1. The molecule has 1 unspecified atom stereocenters. The van der Waals surface area contributed by atoms with Gasteiger partial charge in [-0.15, -0.1) is 10.2 Å². The number of carbonyl (C=O) groups is 1. The second-order valence-corrected chi connectivity index (χ2v) is 5.71. The first kappa shape index (κ1) is 15.4. The Morgan fingerprint density at radius 1 is 1.38 bits per heavy atom. The highest BCUT2D eigenvalue weighted by Gasteiger charge is 2.17. The van der Waals surface area contributed by atoms with Crippen LogP contribution in [-0.2, 0) is 11.2 Å². The van der Waals surface area contributed by atoms with E-state index in [0.29, 0.717) is 11.1 Å². The van der Waals surface area contributed by atoms with Crippen LogP contribution < -0.4 is 5.73 Å². The van der Waals surface area contributed by atoms with Gasteiger partial charge in [-0.1, -0.05) is 42.1 Å². The number of anilines is 1. The second-order valence-electron chi connectivity index (χ2n) is 4.77. The predicted molar refractivity (Wildman–Crippen MR) is 82.3 cm³/mol. The van der Waals surface area contributed by atoms with Crippen molar-refractivity contribution in [2.75, 3.05) is 11.5 Å². The van der Waals surface area contributed by atoms with Crippen molar-refractivity contribution in [1.82, 2.24) is 14.8 Å². The van der Waals surface area contributed by atoms with Gasteiger partial charge in [0.2, 0.25) is 5.95 Å². The Balaban J connectivity index is 2.02. The summed E-state index contributed by atoms with van der Waals surface area (Å²) in [5.41, 5.74) is 7.11. The lowest BCUT2D eigenvalue weighted by molar-refractivity contribution is -0.133. The molecule has 0 fully saturated rings. The molecular weight excluding hydrogens is 288 g/mol. The van der Waals surface area contributed by atoms with Crippen LogP contribution in [0, 0.1) is 0 Å². The molecule has 3 N–H and O–H groups in total. The first-order valence-corrected chi connectivity index (χ1v) is 7.65. The number of thioether (sulfide) groups is 1. The van der Waals surface area contributed by atoms with Crippen LogP contribution in [-0.4, -0.2) is 31.6 Å². The van der Waals surface area contributed by atoms with Crippen molar-refractivity contribution in [3.8, 4) is 0 Å². The number of nitrogens with two attached hydrogens (primary N) is 1. The van der Waals surface area contributed by atoms with Gasteiger partial charge in [-0.05, 0) is 25.3 Å². The summed E-state index contributed by atoms with van der Waals surface area (Å²) in [5, 5.41) is 17.1. The minimum absolute atomic E-state index is 0.0520. The number of carboxylic acid groups (broad SMARTS) is 1. The van der Waals surface area contributed by atoms with Crippen molar-refractivity contribution in [1.29, 1.82) is 0 Å². The summed E-state index contributed by atoms with van der Waals surface area (Å²) in [6.45, 7) is 2.04. The Morgan fingerprint density at radius 2 is 2.10 bits per heavy atom. The zero-order valence-electron chi connectivity index (χ0n) is 11.8. The van der Waals surface area contributed by atoms with Gasteiger partial charge in [-0.3, -0.25) is 9.36 Å². The molecule has 0 radical (unpaired) electrons. The van der Waals surface area contributed by atoms with Gasteiger partial charge in [-0.25, -0.2) is 0 Å². The largest absolute Gasteiger partial charge is 0.481 e. The van der Waals surface area contributed by atoms with E-state index >= 15 is 0 Å². The highest BCUT2D eigenvalue weighted by atomic mass is 32.2. The first-order valence-electron chi connectivity index (χ1n) is 6.67. The Morgan fingerprint density at radius 3 is 2.76 bits per heavy atom. The third-order valence-electron chi connectivity index (χ3n) is 3.15. The molecule has 2 rings (SSSR count). The third-order valence-corrected chi connectivity index (χ3v) is 4.08. The fourth-order valence-corrected chi connectivity index (χ4v) is 2.84. The van der Waals surface area contributed by atoms with Gasteiger partial charge in [0.05, 0.1) is 5.75 Å². The molecular formula is C14H18N4O2S. The van der Waals surface area contributed by atoms with Crippen LogP contribution in [0.1, 0.15) is 24.9 Å². The SMILES string of the molecule is CC(CCc1ccccc1)n1c(N)nnc1SCC(=O)O. The molecule has 0 bridgehead atoms. The Bertz CT molecular complexity index is 600. The van der Waals surface area contributed by atoms with Crippen LogP contribution in [0.4, 0.5) is 5.95 Å². The molecule has 1 aromatic carbocycles.